The van der Waals surface area contributed by atoms with Crippen LogP contribution >= 0.6 is 0 Å². The Labute approximate surface area is 308 Å². The summed E-state index contributed by atoms with van der Waals surface area (Å²) in [4.78, 5) is 21.0. The summed E-state index contributed by atoms with van der Waals surface area (Å²) in [5.41, 5.74) is 9.51. The predicted octanol–water partition coefficient (Wildman–Crippen LogP) is 8.88. The molecule has 6 heterocycles. The Bertz CT molecular complexity index is 2400. The van der Waals surface area contributed by atoms with Crippen LogP contribution in [0.3, 0.4) is 0 Å². The summed E-state index contributed by atoms with van der Waals surface area (Å²) in [5, 5.41) is 22.0. The number of halogens is 4. The Hall–Kier alpha value is -6.05. The van der Waals surface area contributed by atoms with Crippen molar-refractivity contribution < 1.29 is 36.1 Å². The summed E-state index contributed by atoms with van der Waals surface area (Å²) in [6.07, 6.45) is 3.51. The summed E-state index contributed by atoms with van der Waals surface area (Å²) in [6.45, 7) is 5.94. The average molecular weight is 738 g/mol. The number of aromatic nitrogens is 2. The van der Waals surface area contributed by atoms with Gasteiger partial charge in [-0.25, -0.2) is 0 Å². The third-order valence-corrected chi connectivity index (χ3v) is 10.6. The fourth-order valence-corrected chi connectivity index (χ4v) is 8.64. The van der Waals surface area contributed by atoms with Gasteiger partial charge in [-0.1, -0.05) is 0 Å². The fraction of sp³-hybridized carbons (Fsp3) is 0.211. The first-order valence-corrected chi connectivity index (χ1v) is 17.3. The van der Waals surface area contributed by atoms with Gasteiger partial charge in [0.25, 0.3) is 11.4 Å². The molecule has 276 valence electrons. The van der Waals surface area contributed by atoms with Crippen molar-refractivity contribution in [1.82, 2.24) is 8.96 Å². The highest BCUT2D eigenvalue weighted by Crippen LogP contribution is 2.46. The van der Waals surface area contributed by atoms with Gasteiger partial charge < -0.3 is 35.2 Å². The van der Waals surface area contributed by atoms with E-state index in [0.29, 0.717) is 67.9 Å². The molecule has 2 aromatic heterocycles. The van der Waals surface area contributed by atoms with Crippen LogP contribution in [0.1, 0.15) is 72.7 Å². The highest BCUT2D eigenvalue weighted by molar-refractivity contribution is 6.59. The van der Waals surface area contributed by atoms with E-state index in [9.17, 15) is 20.2 Å². The van der Waals surface area contributed by atoms with Crippen molar-refractivity contribution in [3.63, 3.8) is 0 Å². The van der Waals surface area contributed by atoms with Crippen LogP contribution in [-0.2, 0) is 0 Å². The fourth-order valence-electron chi connectivity index (χ4n) is 8.64. The van der Waals surface area contributed by atoms with E-state index < -0.39 is 23.8 Å². The van der Waals surface area contributed by atoms with Crippen LogP contribution in [0.5, 0.6) is 0 Å². The third kappa shape index (κ3) is 5.17. The summed E-state index contributed by atoms with van der Waals surface area (Å²) in [7, 11) is 0. The smallest absolute Gasteiger partial charge is 0.393 e. The van der Waals surface area contributed by atoms with Gasteiger partial charge in [0.2, 0.25) is 0 Å². The van der Waals surface area contributed by atoms with Gasteiger partial charge in [0.1, 0.15) is 11.4 Å². The number of rotatable bonds is 4. The first kappa shape index (κ1) is 36.3. The molecule has 4 aliphatic heterocycles. The molecule has 0 saturated carbocycles. The van der Waals surface area contributed by atoms with Crippen LogP contribution in [0.15, 0.2) is 95.4 Å². The zero-order valence-corrected chi connectivity index (χ0v) is 30.9. The average Bonchev–Trinajstić information content (AvgIpc) is 3.78. The van der Waals surface area contributed by atoms with Gasteiger partial charge in [-0.2, -0.15) is 0 Å². The number of nitrogens with zero attached hydrogens (tertiary/aromatic N) is 6. The van der Waals surface area contributed by atoms with Crippen molar-refractivity contribution in [2.45, 2.75) is 55.4 Å². The molecule has 0 unspecified atom stereocenters. The van der Waals surface area contributed by atoms with Gasteiger partial charge >= 0.3 is 13.9 Å². The lowest BCUT2D eigenvalue weighted by Gasteiger charge is -2.34. The van der Waals surface area contributed by atoms with E-state index in [2.05, 4.69) is 0 Å². The minimum absolute atomic E-state index is 0.0312. The molecule has 0 bridgehead atoms. The number of hydrogen-bond acceptors (Lipinski definition) is 4. The Morgan fingerprint density at radius 1 is 0.556 bits per heavy atom. The first-order chi connectivity index (χ1) is 25.3. The molecule has 54 heavy (non-hydrogen) atoms. The van der Waals surface area contributed by atoms with Crippen LogP contribution < -0.4 is 0 Å². The summed E-state index contributed by atoms with van der Waals surface area (Å²) >= 11 is 0. The van der Waals surface area contributed by atoms with Gasteiger partial charge in [-0.05, 0) is 112 Å². The maximum atomic E-state index is 15.5. The lowest BCUT2D eigenvalue weighted by molar-refractivity contribution is -0.385. The molecule has 0 amide bonds. The van der Waals surface area contributed by atoms with Crippen molar-refractivity contribution >= 4 is 47.9 Å². The van der Waals surface area contributed by atoms with Crippen LogP contribution in [0.25, 0.3) is 11.1 Å². The second-order valence-electron chi connectivity index (χ2n) is 14.3. The topological polar surface area (TPSA) is 102 Å². The van der Waals surface area contributed by atoms with E-state index in [4.69, 9.17) is 0 Å². The molecular formula is C38H36B2F4N6O4. The molecule has 0 aliphatic carbocycles. The van der Waals surface area contributed by atoms with Crippen molar-refractivity contribution in [3.8, 4) is 0 Å². The standard InChI is InChI=1S/2C19H18BF2N3O2/c2*1-11-9-13(3)23-18(11)17(15-5-7-16(8-6-15)25(26)27)19-12(2)10-14(4)24(19)20(23,21)22/h2*5-10H,1-4H3. The SMILES string of the molecule is CC1=CC(C)=[N+]2C1=C(c1ccc([N+](=O)[O-])cc1)c1c(C)cc(C)n1[B-]2(F)F.CC1=CC(C)=[N+]2C1=C(c1ccc([N+](=O)[O-])cc1)c1c(C)cc(C)n1[B-]2(F)F. The van der Waals surface area contributed by atoms with Gasteiger partial charge in [0, 0.05) is 72.8 Å². The minimum atomic E-state index is -4.02. The maximum Gasteiger partial charge on any atom is 0.737 e. The molecule has 4 aromatic rings. The molecule has 0 spiro atoms. The van der Waals surface area contributed by atoms with Crippen LogP contribution in [0.2, 0.25) is 0 Å². The lowest BCUT2D eigenvalue weighted by Crippen LogP contribution is -2.51. The molecule has 0 saturated heterocycles. The molecule has 0 N–H and O–H groups in total. The number of nitro groups is 2. The van der Waals surface area contributed by atoms with Crippen molar-refractivity contribution in [1.29, 1.82) is 0 Å². The molecule has 0 atom stereocenters. The van der Waals surface area contributed by atoms with Gasteiger partial charge in [-0.3, -0.25) is 20.2 Å². The maximum absolute atomic E-state index is 15.5. The minimum Gasteiger partial charge on any atom is -0.393 e. The van der Waals surface area contributed by atoms with Crippen molar-refractivity contribution in [3.05, 3.63) is 161 Å². The lowest BCUT2D eigenvalue weighted by atomic mass is 9.84. The monoisotopic (exact) mass is 738 g/mol. The van der Waals surface area contributed by atoms with Crippen molar-refractivity contribution in [2.24, 2.45) is 0 Å². The van der Waals surface area contributed by atoms with E-state index in [1.165, 1.54) is 24.3 Å². The number of aryl methyl sites for hydroxylation is 4. The van der Waals surface area contributed by atoms with Gasteiger partial charge in [-0.15, -0.1) is 0 Å². The molecule has 8 rings (SSSR count). The molecule has 0 fully saturated rings. The first-order valence-electron chi connectivity index (χ1n) is 17.3. The number of benzene rings is 2. The normalized spacial score (nSPS) is 17.8. The number of fused-ring (bicyclic) bond motifs is 4. The van der Waals surface area contributed by atoms with Crippen LogP contribution in [0.4, 0.5) is 28.6 Å². The molecule has 4 aliphatic rings. The molecule has 16 heteroatoms. The largest absolute Gasteiger partial charge is 0.737 e. The number of allylic oxidation sites excluding steroid dienone is 4. The molecular weight excluding hydrogens is 702 g/mol. The quantitative estimate of drug-likeness (QED) is 0.0904. The zero-order valence-electron chi connectivity index (χ0n) is 30.9. The predicted molar refractivity (Wildman–Crippen MR) is 202 cm³/mol. The Kier molecular flexibility index (Phi) is 8.24. The molecule has 0 radical (unpaired) electrons. The number of nitro benzene ring substituents is 2. The Morgan fingerprint density at radius 2 is 0.870 bits per heavy atom. The molecule has 10 nitrogen and oxygen atoms in total. The van der Waals surface area contributed by atoms with E-state index in [0.717, 1.165) is 40.2 Å². The van der Waals surface area contributed by atoms with Crippen LogP contribution in [-0.4, -0.2) is 53.1 Å². The summed E-state index contributed by atoms with van der Waals surface area (Å²) in [5.74, 6) is 0. The van der Waals surface area contributed by atoms with Crippen molar-refractivity contribution in [2.75, 3.05) is 0 Å². The van der Waals surface area contributed by atoms with Gasteiger partial charge in [0.05, 0.1) is 21.0 Å². The second-order valence-corrected chi connectivity index (χ2v) is 14.3. The van der Waals surface area contributed by atoms with E-state index >= 15 is 17.3 Å². The summed E-state index contributed by atoms with van der Waals surface area (Å²) < 4.78 is 66.4. The van der Waals surface area contributed by atoms with Gasteiger partial charge in [0.15, 0.2) is 11.4 Å². The molecule has 2 aromatic carbocycles. The second kappa shape index (κ2) is 12.3. The number of hydrogen-bond donors (Lipinski definition) is 0. The van der Waals surface area contributed by atoms with E-state index in [-0.39, 0.29) is 11.4 Å². The van der Waals surface area contributed by atoms with E-state index in [1.54, 1.807) is 76.2 Å². The highest BCUT2D eigenvalue weighted by Gasteiger charge is 2.56. The van der Waals surface area contributed by atoms with E-state index in [1.807, 2.05) is 27.7 Å². The number of non-ortho nitro benzene ring substituents is 2. The third-order valence-electron chi connectivity index (χ3n) is 10.6. The highest BCUT2D eigenvalue weighted by atomic mass is 19.3. The zero-order chi connectivity index (χ0) is 39.3. The van der Waals surface area contributed by atoms with Crippen LogP contribution in [0, 0.1) is 47.9 Å². The summed E-state index contributed by atoms with van der Waals surface area (Å²) in [6, 6.07) is 15.7. The Balaban J connectivity index is 0.000000167. The Morgan fingerprint density at radius 3 is 1.17 bits per heavy atom.